The average molecular weight is 263 g/mol. The monoisotopic (exact) mass is 263 g/mol. The molecule has 3 rings (SSSR count). The summed E-state index contributed by atoms with van der Waals surface area (Å²) in [4.78, 5) is 12.5. The van der Waals surface area contributed by atoms with Gasteiger partial charge in [-0.2, -0.15) is 16.7 Å². The fourth-order valence-electron chi connectivity index (χ4n) is 1.82. The predicted molar refractivity (Wildman–Crippen MR) is 68.1 cm³/mol. The topological polar surface area (TPSA) is 76.7 Å². The van der Waals surface area contributed by atoms with E-state index < -0.39 is 0 Å². The van der Waals surface area contributed by atoms with E-state index in [1.165, 1.54) is 5.75 Å². The minimum absolute atomic E-state index is 0.416. The Morgan fingerprint density at radius 3 is 3.22 bits per heavy atom. The van der Waals surface area contributed by atoms with E-state index in [1.807, 2.05) is 11.8 Å². The van der Waals surface area contributed by atoms with Crippen LogP contribution in [0.25, 0.3) is 11.5 Å². The lowest BCUT2D eigenvalue weighted by Crippen LogP contribution is -2.38. The average Bonchev–Trinajstić information content (AvgIpc) is 2.89. The maximum Gasteiger partial charge on any atom is 0.228 e. The minimum atomic E-state index is 0.416. The van der Waals surface area contributed by atoms with Gasteiger partial charge in [-0.05, 0) is 0 Å². The van der Waals surface area contributed by atoms with E-state index in [9.17, 15) is 0 Å². The second-order valence-electron chi connectivity index (χ2n) is 4.03. The van der Waals surface area contributed by atoms with Gasteiger partial charge in [0.25, 0.3) is 0 Å². The van der Waals surface area contributed by atoms with Crippen molar-refractivity contribution < 1.29 is 4.52 Å². The molecule has 1 atom stereocenters. The van der Waals surface area contributed by atoms with E-state index >= 15 is 0 Å². The molecule has 1 aliphatic heterocycles. The van der Waals surface area contributed by atoms with Crippen LogP contribution in [-0.2, 0) is 6.42 Å². The fraction of sp³-hybridized carbons (Fsp3) is 0.455. The Morgan fingerprint density at radius 1 is 1.44 bits per heavy atom. The lowest BCUT2D eigenvalue weighted by atomic mass is 10.2. The highest BCUT2D eigenvalue weighted by Crippen LogP contribution is 2.14. The summed E-state index contributed by atoms with van der Waals surface area (Å²) >= 11 is 1.95. The highest BCUT2D eigenvalue weighted by Gasteiger charge is 2.17. The molecule has 0 aromatic carbocycles. The Balaban J connectivity index is 1.69. The Hall–Kier alpha value is -1.47. The molecule has 1 fully saturated rings. The zero-order chi connectivity index (χ0) is 12.2. The van der Waals surface area contributed by atoms with Crippen LogP contribution >= 0.6 is 11.8 Å². The molecule has 1 N–H and O–H groups in total. The molecule has 1 aliphatic rings. The summed E-state index contributed by atoms with van der Waals surface area (Å²) in [5.74, 6) is 3.41. The number of nitrogens with zero attached hydrogens (tertiary/aromatic N) is 4. The zero-order valence-electron chi connectivity index (χ0n) is 9.74. The van der Waals surface area contributed by atoms with Gasteiger partial charge < -0.3 is 9.84 Å². The normalized spacial score (nSPS) is 19.9. The van der Waals surface area contributed by atoms with Crippen molar-refractivity contribution in [2.24, 2.45) is 0 Å². The largest absolute Gasteiger partial charge is 0.339 e. The molecule has 2 aromatic rings. The summed E-state index contributed by atoms with van der Waals surface area (Å²) in [5, 5.41) is 7.37. The highest BCUT2D eigenvalue weighted by atomic mass is 32.2. The van der Waals surface area contributed by atoms with Crippen molar-refractivity contribution >= 4 is 11.8 Å². The van der Waals surface area contributed by atoms with Crippen LogP contribution in [0.2, 0.25) is 0 Å². The second kappa shape index (κ2) is 5.45. The molecule has 0 aliphatic carbocycles. The molecular formula is C11H13N5OS. The summed E-state index contributed by atoms with van der Waals surface area (Å²) < 4.78 is 5.24. The maximum absolute atomic E-state index is 5.24. The van der Waals surface area contributed by atoms with Crippen LogP contribution in [0, 0.1) is 0 Å². The Labute approximate surface area is 109 Å². The van der Waals surface area contributed by atoms with Crippen molar-refractivity contribution in [2.75, 3.05) is 18.1 Å². The van der Waals surface area contributed by atoms with Crippen LogP contribution in [-0.4, -0.2) is 44.2 Å². The van der Waals surface area contributed by atoms with Crippen molar-refractivity contribution in [3.05, 3.63) is 24.5 Å². The van der Waals surface area contributed by atoms with Crippen LogP contribution in [0.3, 0.4) is 0 Å². The maximum atomic E-state index is 5.24. The third-order valence-electron chi connectivity index (χ3n) is 2.68. The number of hydrogen-bond acceptors (Lipinski definition) is 7. The molecule has 0 amide bonds. The first kappa shape index (κ1) is 11.6. The summed E-state index contributed by atoms with van der Waals surface area (Å²) in [6.07, 6.45) is 5.63. The van der Waals surface area contributed by atoms with E-state index in [-0.39, 0.29) is 0 Å². The van der Waals surface area contributed by atoms with Gasteiger partial charge in [0, 0.05) is 42.9 Å². The third kappa shape index (κ3) is 2.68. The number of hydrogen-bond donors (Lipinski definition) is 1. The van der Waals surface area contributed by atoms with Crippen LogP contribution in [0.1, 0.15) is 5.89 Å². The van der Waals surface area contributed by atoms with Gasteiger partial charge in [-0.25, -0.2) is 4.98 Å². The molecule has 1 saturated heterocycles. The quantitative estimate of drug-likeness (QED) is 0.876. The molecule has 0 bridgehead atoms. The van der Waals surface area contributed by atoms with Gasteiger partial charge in [0.05, 0.1) is 6.20 Å². The molecule has 94 valence electrons. The molecule has 0 saturated carbocycles. The minimum Gasteiger partial charge on any atom is -0.339 e. The SMILES string of the molecule is c1cnc(-c2noc(CC3CSCCN3)n2)cn1. The van der Waals surface area contributed by atoms with Gasteiger partial charge in [0.1, 0.15) is 5.69 Å². The molecule has 1 unspecified atom stereocenters. The first-order chi connectivity index (χ1) is 8.92. The molecule has 7 heteroatoms. The lowest BCUT2D eigenvalue weighted by molar-refractivity contribution is 0.363. The zero-order valence-corrected chi connectivity index (χ0v) is 10.6. The number of thioether (sulfide) groups is 1. The summed E-state index contributed by atoms with van der Waals surface area (Å²) in [6, 6.07) is 0.416. The molecule has 0 radical (unpaired) electrons. The highest BCUT2D eigenvalue weighted by molar-refractivity contribution is 7.99. The molecule has 6 nitrogen and oxygen atoms in total. The van der Waals surface area contributed by atoms with Crippen molar-refractivity contribution in [3.8, 4) is 11.5 Å². The van der Waals surface area contributed by atoms with E-state index in [1.54, 1.807) is 18.6 Å². The summed E-state index contributed by atoms with van der Waals surface area (Å²) in [6.45, 7) is 1.04. The van der Waals surface area contributed by atoms with Gasteiger partial charge >= 0.3 is 0 Å². The molecule has 18 heavy (non-hydrogen) atoms. The first-order valence-corrected chi connectivity index (χ1v) is 6.97. The van der Waals surface area contributed by atoms with E-state index in [0.29, 0.717) is 23.5 Å². The van der Waals surface area contributed by atoms with Gasteiger partial charge in [0.2, 0.25) is 11.7 Å². The Bertz CT molecular complexity index is 497. The number of aromatic nitrogens is 4. The van der Waals surface area contributed by atoms with E-state index in [4.69, 9.17) is 4.52 Å². The van der Waals surface area contributed by atoms with Crippen LogP contribution in [0.15, 0.2) is 23.1 Å². The van der Waals surface area contributed by atoms with Gasteiger partial charge in [-0.1, -0.05) is 5.16 Å². The van der Waals surface area contributed by atoms with Crippen molar-refractivity contribution in [3.63, 3.8) is 0 Å². The number of nitrogens with one attached hydrogen (secondary N) is 1. The molecule has 3 heterocycles. The van der Waals surface area contributed by atoms with Gasteiger partial charge in [-0.3, -0.25) is 4.98 Å². The predicted octanol–water partition coefficient (Wildman–Crippen LogP) is 0.774. The standard InChI is InChI=1S/C11H13N5OS/c1-2-14-9(6-12-1)11-15-10(17-16-11)5-8-7-18-4-3-13-8/h1-2,6,8,13H,3-5,7H2. The fourth-order valence-corrected chi connectivity index (χ4v) is 2.77. The molecule has 2 aromatic heterocycles. The van der Waals surface area contributed by atoms with Crippen LogP contribution in [0.5, 0.6) is 0 Å². The van der Waals surface area contributed by atoms with Crippen molar-refractivity contribution in [1.29, 1.82) is 0 Å². The third-order valence-corrected chi connectivity index (χ3v) is 3.81. The van der Waals surface area contributed by atoms with Crippen LogP contribution < -0.4 is 5.32 Å². The smallest absolute Gasteiger partial charge is 0.228 e. The van der Waals surface area contributed by atoms with E-state index in [2.05, 4.69) is 25.4 Å². The Morgan fingerprint density at radius 2 is 2.44 bits per heavy atom. The van der Waals surface area contributed by atoms with Crippen molar-refractivity contribution in [1.82, 2.24) is 25.4 Å². The summed E-state index contributed by atoms with van der Waals surface area (Å²) in [5.41, 5.74) is 0.637. The van der Waals surface area contributed by atoms with Crippen molar-refractivity contribution in [2.45, 2.75) is 12.5 Å². The second-order valence-corrected chi connectivity index (χ2v) is 5.18. The molecular weight excluding hydrogens is 250 g/mol. The van der Waals surface area contributed by atoms with Crippen LogP contribution in [0.4, 0.5) is 0 Å². The van der Waals surface area contributed by atoms with E-state index in [0.717, 1.165) is 18.7 Å². The van der Waals surface area contributed by atoms with Gasteiger partial charge in [-0.15, -0.1) is 0 Å². The number of rotatable bonds is 3. The molecule has 0 spiro atoms. The first-order valence-electron chi connectivity index (χ1n) is 5.82. The van der Waals surface area contributed by atoms with Gasteiger partial charge in [0.15, 0.2) is 0 Å². The lowest BCUT2D eigenvalue weighted by Gasteiger charge is -2.21. The Kier molecular flexibility index (Phi) is 3.51. The summed E-state index contributed by atoms with van der Waals surface area (Å²) in [7, 11) is 0.